The molecule has 2 aliphatic carbocycles. The van der Waals surface area contributed by atoms with Crippen molar-refractivity contribution in [1.82, 2.24) is 0 Å². The van der Waals surface area contributed by atoms with E-state index in [-0.39, 0.29) is 11.9 Å². The summed E-state index contributed by atoms with van der Waals surface area (Å²) in [7, 11) is 0. The van der Waals surface area contributed by atoms with Gasteiger partial charge in [0.25, 0.3) is 0 Å². The zero-order chi connectivity index (χ0) is 19.4. The van der Waals surface area contributed by atoms with Crippen molar-refractivity contribution in [3.8, 4) is 5.75 Å². The predicted molar refractivity (Wildman–Crippen MR) is 107 cm³/mol. The lowest BCUT2D eigenvalue weighted by Crippen LogP contribution is -2.35. The number of halogens is 2. The number of aryl methyl sites for hydroxylation is 2. The van der Waals surface area contributed by atoms with Gasteiger partial charge < -0.3 is 4.74 Å². The Balaban J connectivity index is 0.00000102. The van der Waals surface area contributed by atoms with Crippen molar-refractivity contribution in [3.63, 3.8) is 0 Å². The first-order valence-corrected chi connectivity index (χ1v) is 11.3. The third-order valence-electron chi connectivity index (χ3n) is 7.05. The second-order valence-electron chi connectivity index (χ2n) is 8.58. The number of benzene rings is 1. The molecule has 1 aromatic rings. The van der Waals surface area contributed by atoms with Gasteiger partial charge in [0.2, 0.25) is 5.82 Å². The summed E-state index contributed by atoms with van der Waals surface area (Å²) in [6, 6.07) is 1.75. The van der Waals surface area contributed by atoms with Crippen LogP contribution in [0.4, 0.5) is 8.78 Å². The molecule has 152 valence electrons. The molecule has 0 N–H and O–H groups in total. The first-order chi connectivity index (χ1) is 13.1. The number of rotatable bonds is 2. The summed E-state index contributed by atoms with van der Waals surface area (Å²) in [5.41, 5.74) is 1.22. The topological polar surface area (TPSA) is 9.23 Å². The van der Waals surface area contributed by atoms with E-state index in [1.807, 2.05) is 13.8 Å². The van der Waals surface area contributed by atoms with E-state index in [9.17, 15) is 8.78 Å². The van der Waals surface area contributed by atoms with Crippen LogP contribution in [0.5, 0.6) is 5.75 Å². The van der Waals surface area contributed by atoms with Crippen LogP contribution in [0.1, 0.15) is 89.2 Å². The summed E-state index contributed by atoms with van der Waals surface area (Å²) in [4.78, 5) is 0. The number of hydrogen-bond acceptors (Lipinski definition) is 1. The molecule has 1 unspecified atom stereocenters. The Hall–Kier alpha value is -1.12. The quantitative estimate of drug-likeness (QED) is 0.521. The molecule has 1 nitrogen and oxygen atoms in total. The van der Waals surface area contributed by atoms with Crippen molar-refractivity contribution in [3.05, 3.63) is 28.8 Å². The first kappa shape index (κ1) is 20.6. The van der Waals surface area contributed by atoms with E-state index in [1.54, 1.807) is 13.0 Å². The molecule has 3 aliphatic rings. The van der Waals surface area contributed by atoms with Gasteiger partial charge in [-0.15, -0.1) is 0 Å². The van der Waals surface area contributed by atoms with Crippen LogP contribution in [-0.4, -0.2) is 6.10 Å². The molecular formula is C24H36F2O. The Morgan fingerprint density at radius 3 is 2.04 bits per heavy atom. The third kappa shape index (κ3) is 4.49. The summed E-state index contributed by atoms with van der Waals surface area (Å²) < 4.78 is 34.2. The SMILES string of the molecule is CC.Cc1cc2c(c(F)c1F)OC(C1CCC(C3CCCCC3)CC1)CC2. The Morgan fingerprint density at radius 2 is 1.37 bits per heavy atom. The Bertz CT molecular complexity index is 613. The first-order valence-electron chi connectivity index (χ1n) is 11.3. The van der Waals surface area contributed by atoms with Crippen molar-refractivity contribution < 1.29 is 13.5 Å². The highest BCUT2D eigenvalue weighted by Gasteiger charge is 2.35. The van der Waals surface area contributed by atoms with Crippen LogP contribution in [0, 0.1) is 36.3 Å². The van der Waals surface area contributed by atoms with Gasteiger partial charge in [-0.25, -0.2) is 4.39 Å². The van der Waals surface area contributed by atoms with Crippen LogP contribution < -0.4 is 4.74 Å². The summed E-state index contributed by atoms with van der Waals surface area (Å²) in [5.74, 6) is 1.00. The van der Waals surface area contributed by atoms with Crippen LogP contribution in [0.25, 0.3) is 0 Å². The summed E-state index contributed by atoms with van der Waals surface area (Å²) >= 11 is 0. The molecule has 1 heterocycles. The maximum absolute atomic E-state index is 14.3. The van der Waals surface area contributed by atoms with Gasteiger partial charge in [-0.1, -0.05) is 46.0 Å². The second kappa shape index (κ2) is 9.39. The molecule has 0 radical (unpaired) electrons. The molecule has 1 aromatic carbocycles. The summed E-state index contributed by atoms with van der Waals surface area (Å²) in [6.07, 6.45) is 13.9. The molecule has 1 atom stereocenters. The van der Waals surface area contributed by atoms with Gasteiger partial charge >= 0.3 is 0 Å². The van der Waals surface area contributed by atoms with E-state index >= 15 is 0 Å². The van der Waals surface area contributed by atoms with Gasteiger partial charge in [-0.3, -0.25) is 0 Å². The molecule has 2 fully saturated rings. The van der Waals surface area contributed by atoms with Crippen LogP contribution in [0.2, 0.25) is 0 Å². The molecule has 0 aromatic heterocycles. The highest BCUT2D eigenvalue weighted by atomic mass is 19.2. The lowest BCUT2D eigenvalue weighted by molar-refractivity contribution is 0.0591. The fourth-order valence-electron chi connectivity index (χ4n) is 5.55. The normalized spacial score (nSPS) is 28.6. The average Bonchev–Trinajstić information content (AvgIpc) is 2.74. The minimum absolute atomic E-state index is 0.0661. The van der Waals surface area contributed by atoms with Gasteiger partial charge in [0.05, 0.1) is 0 Å². The third-order valence-corrected chi connectivity index (χ3v) is 7.05. The fourth-order valence-corrected chi connectivity index (χ4v) is 5.55. The largest absolute Gasteiger partial charge is 0.487 e. The van der Waals surface area contributed by atoms with Gasteiger partial charge in [0.15, 0.2) is 11.6 Å². The van der Waals surface area contributed by atoms with E-state index in [1.165, 1.54) is 57.8 Å². The molecular weight excluding hydrogens is 342 g/mol. The molecule has 0 spiro atoms. The van der Waals surface area contributed by atoms with Crippen molar-refractivity contribution in [2.75, 3.05) is 0 Å². The average molecular weight is 379 g/mol. The lowest BCUT2D eigenvalue weighted by Gasteiger charge is -2.39. The van der Waals surface area contributed by atoms with Crippen molar-refractivity contribution in [1.29, 1.82) is 0 Å². The van der Waals surface area contributed by atoms with Crippen LogP contribution in [0.15, 0.2) is 6.07 Å². The van der Waals surface area contributed by atoms with E-state index in [0.717, 1.165) is 30.2 Å². The maximum Gasteiger partial charge on any atom is 0.201 e. The van der Waals surface area contributed by atoms with Crippen molar-refractivity contribution in [2.24, 2.45) is 17.8 Å². The van der Waals surface area contributed by atoms with E-state index < -0.39 is 11.6 Å². The minimum Gasteiger partial charge on any atom is -0.487 e. The Morgan fingerprint density at radius 1 is 0.778 bits per heavy atom. The standard InChI is InChI=1S/C22H30F2O.C2H6/c1-14-13-18-11-12-19(25-22(18)21(24)20(14)23)17-9-7-16(8-10-17)15-5-3-2-4-6-15;1-2/h13,15-17,19H,2-12H2,1H3;1-2H3. The molecule has 1 aliphatic heterocycles. The highest BCUT2D eigenvalue weighted by Crippen LogP contribution is 2.43. The van der Waals surface area contributed by atoms with Crippen molar-refractivity contribution >= 4 is 0 Å². The minimum atomic E-state index is -0.782. The van der Waals surface area contributed by atoms with Crippen molar-refractivity contribution in [2.45, 2.75) is 97.5 Å². The monoisotopic (exact) mass is 378 g/mol. The number of ether oxygens (including phenoxy) is 1. The molecule has 4 rings (SSSR count). The molecule has 0 amide bonds. The maximum atomic E-state index is 14.3. The number of fused-ring (bicyclic) bond motifs is 1. The molecule has 27 heavy (non-hydrogen) atoms. The fraction of sp³-hybridized carbons (Fsp3) is 0.750. The van der Waals surface area contributed by atoms with Gasteiger partial charge in [0.1, 0.15) is 6.10 Å². The zero-order valence-electron chi connectivity index (χ0n) is 17.3. The molecule has 0 bridgehead atoms. The Kier molecular flexibility index (Phi) is 7.16. The molecule has 2 saturated carbocycles. The summed E-state index contributed by atoms with van der Waals surface area (Å²) in [5, 5.41) is 0. The van der Waals surface area contributed by atoms with Gasteiger partial charge in [-0.2, -0.15) is 4.39 Å². The van der Waals surface area contributed by atoms with E-state index in [4.69, 9.17) is 4.74 Å². The highest BCUT2D eigenvalue weighted by molar-refractivity contribution is 5.41. The molecule has 3 heteroatoms. The van der Waals surface area contributed by atoms with Crippen LogP contribution >= 0.6 is 0 Å². The second-order valence-corrected chi connectivity index (χ2v) is 8.58. The lowest BCUT2D eigenvalue weighted by atomic mass is 9.69. The van der Waals surface area contributed by atoms with Gasteiger partial charge in [0, 0.05) is 0 Å². The van der Waals surface area contributed by atoms with Crippen LogP contribution in [-0.2, 0) is 6.42 Å². The predicted octanol–water partition coefficient (Wildman–Crippen LogP) is 7.38. The zero-order valence-corrected chi connectivity index (χ0v) is 17.3. The van der Waals surface area contributed by atoms with E-state index in [2.05, 4.69) is 0 Å². The number of hydrogen-bond donors (Lipinski definition) is 0. The summed E-state index contributed by atoms with van der Waals surface area (Å²) in [6.45, 7) is 5.62. The van der Waals surface area contributed by atoms with E-state index in [0.29, 0.717) is 11.5 Å². The Labute approximate surface area is 163 Å². The molecule has 0 saturated heterocycles. The van der Waals surface area contributed by atoms with Gasteiger partial charge in [-0.05, 0) is 80.4 Å². The van der Waals surface area contributed by atoms with Crippen LogP contribution in [0.3, 0.4) is 0 Å². The smallest absolute Gasteiger partial charge is 0.201 e.